The molecule has 2 aromatic rings. The largest absolute Gasteiger partial charge is 0.444 e. The minimum Gasteiger partial charge on any atom is -0.444 e. The Morgan fingerprint density at radius 1 is 1.27 bits per heavy atom. The van der Waals surface area contributed by atoms with Crippen molar-refractivity contribution >= 4 is 23.2 Å². The predicted octanol–water partition coefficient (Wildman–Crippen LogP) is 4.18. The summed E-state index contributed by atoms with van der Waals surface area (Å²) in [5, 5.41) is 2.81. The maximum absolute atomic E-state index is 12.6. The number of hydrogen-bond donors (Lipinski definition) is 0. The lowest BCUT2D eigenvalue weighted by Crippen LogP contribution is -2.36. The Labute approximate surface area is 158 Å². The highest BCUT2D eigenvalue weighted by Crippen LogP contribution is 2.25. The number of thiazole rings is 1. The molecule has 1 atom stereocenters. The van der Waals surface area contributed by atoms with Gasteiger partial charge in [-0.2, -0.15) is 0 Å². The van der Waals surface area contributed by atoms with Crippen LogP contribution >= 0.6 is 11.3 Å². The smallest absolute Gasteiger partial charge is 0.410 e. The second-order valence-corrected chi connectivity index (χ2v) is 8.49. The average molecular weight is 372 g/mol. The van der Waals surface area contributed by atoms with Crippen LogP contribution in [0.4, 0.5) is 4.79 Å². The fourth-order valence-electron chi connectivity index (χ4n) is 2.94. The monoisotopic (exact) mass is 372 g/mol. The first-order valence-electron chi connectivity index (χ1n) is 8.82. The van der Waals surface area contributed by atoms with Gasteiger partial charge in [-0.3, -0.25) is 4.79 Å². The maximum atomic E-state index is 12.6. The van der Waals surface area contributed by atoms with E-state index in [4.69, 9.17) is 4.74 Å². The summed E-state index contributed by atoms with van der Waals surface area (Å²) < 4.78 is 5.39. The maximum Gasteiger partial charge on any atom is 0.410 e. The van der Waals surface area contributed by atoms with Gasteiger partial charge in [0.25, 0.3) is 0 Å². The van der Waals surface area contributed by atoms with Crippen LogP contribution in [0.3, 0.4) is 0 Å². The number of benzene rings is 1. The molecule has 2 heterocycles. The molecule has 1 aliphatic heterocycles. The molecular formula is C20H24N2O3S. The van der Waals surface area contributed by atoms with Gasteiger partial charge in [0, 0.05) is 30.0 Å². The van der Waals surface area contributed by atoms with E-state index in [0.717, 1.165) is 16.3 Å². The molecule has 1 unspecified atom stereocenters. The molecule has 1 amide bonds. The number of carbonyl (C=O) groups excluding carboxylic acids is 2. The van der Waals surface area contributed by atoms with Crippen LogP contribution in [0.1, 0.15) is 32.2 Å². The van der Waals surface area contributed by atoms with Crippen molar-refractivity contribution in [2.75, 3.05) is 13.1 Å². The van der Waals surface area contributed by atoms with Crippen molar-refractivity contribution in [3.05, 3.63) is 40.7 Å². The van der Waals surface area contributed by atoms with Crippen molar-refractivity contribution in [1.29, 1.82) is 0 Å². The van der Waals surface area contributed by atoms with E-state index < -0.39 is 5.60 Å². The van der Waals surface area contributed by atoms with Crippen molar-refractivity contribution in [3.63, 3.8) is 0 Å². The molecule has 1 saturated heterocycles. The van der Waals surface area contributed by atoms with E-state index in [1.165, 1.54) is 11.3 Å². The van der Waals surface area contributed by atoms with Gasteiger partial charge in [0.1, 0.15) is 16.4 Å². The van der Waals surface area contributed by atoms with E-state index in [1.54, 1.807) is 4.90 Å². The first kappa shape index (κ1) is 18.6. The standard InChI is InChI=1S/C20H24N2O3S/c1-20(2,3)25-19(24)22-10-9-15(12-22)17(23)11-18-21-16(13-26-18)14-7-5-4-6-8-14/h4-8,13,15H,9-12H2,1-3H3. The molecule has 1 aromatic heterocycles. The van der Waals surface area contributed by atoms with Gasteiger partial charge in [0.15, 0.2) is 0 Å². The van der Waals surface area contributed by atoms with E-state index >= 15 is 0 Å². The van der Waals surface area contributed by atoms with Gasteiger partial charge >= 0.3 is 6.09 Å². The molecule has 0 aliphatic carbocycles. The van der Waals surface area contributed by atoms with Crippen molar-refractivity contribution in [3.8, 4) is 11.3 Å². The molecule has 0 bridgehead atoms. The van der Waals surface area contributed by atoms with Crippen LogP contribution in [0.2, 0.25) is 0 Å². The fraction of sp³-hybridized carbons (Fsp3) is 0.450. The normalized spacial score (nSPS) is 17.3. The number of nitrogens with zero attached hydrogens (tertiary/aromatic N) is 2. The third kappa shape index (κ3) is 4.69. The minimum atomic E-state index is -0.520. The van der Waals surface area contributed by atoms with Gasteiger partial charge in [-0.1, -0.05) is 30.3 Å². The lowest BCUT2D eigenvalue weighted by molar-refractivity contribution is -0.121. The zero-order valence-electron chi connectivity index (χ0n) is 15.4. The highest BCUT2D eigenvalue weighted by Gasteiger charge is 2.33. The van der Waals surface area contributed by atoms with Crippen molar-refractivity contribution in [1.82, 2.24) is 9.88 Å². The number of ketones is 1. The number of carbonyl (C=O) groups is 2. The number of likely N-dealkylation sites (tertiary alicyclic amines) is 1. The summed E-state index contributed by atoms with van der Waals surface area (Å²) in [5.74, 6) is 0.0108. The molecule has 6 heteroatoms. The SMILES string of the molecule is CC(C)(C)OC(=O)N1CCC(C(=O)Cc2nc(-c3ccccc3)cs2)C1. The summed E-state index contributed by atoms with van der Waals surface area (Å²) in [6.45, 7) is 6.53. The van der Waals surface area contributed by atoms with Crippen LogP contribution < -0.4 is 0 Å². The van der Waals surface area contributed by atoms with Crippen molar-refractivity contribution in [2.24, 2.45) is 5.92 Å². The highest BCUT2D eigenvalue weighted by molar-refractivity contribution is 7.10. The Balaban J connectivity index is 1.56. The molecule has 0 radical (unpaired) electrons. The Morgan fingerprint density at radius 3 is 2.69 bits per heavy atom. The van der Waals surface area contributed by atoms with Gasteiger partial charge in [-0.05, 0) is 27.2 Å². The molecule has 26 heavy (non-hydrogen) atoms. The van der Waals surface area contributed by atoms with Crippen LogP contribution in [0.5, 0.6) is 0 Å². The van der Waals surface area contributed by atoms with E-state index in [0.29, 0.717) is 25.9 Å². The molecule has 1 aromatic carbocycles. The number of hydrogen-bond acceptors (Lipinski definition) is 5. The molecule has 5 nitrogen and oxygen atoms in total. The Hall–Kier alpha value is -2.21. The van der Waals surface area contributed by atoms with Crippen LogP contribution in [0.25, 0.3) is 11.3 Å². The Bertz CT molecular complexity index is 780. The van der Waals surface area contributed by atoms with Crippen molar-refractivity contribution < 1.29 is 14.3 Å². The summed E-state index contributed by atoms with van der Waals surface area (Å²) in [6.07, 6.45) is 0.674. The number of rotatable bonds is 4. The summed E-state index contributed by atoms with van der Waals surface area (Å²) in [6, 6.07) is 9.94. The molecule has 0 spiro atoms. The van der Waals surface area contributed by atoms with Crippen LogP contribution in [0, 0.1) is 5.92 Å². The zero-order valence-corrected chi connectivity index (χ0v) is 16.2. The molecule has 1 aliphatic rings. The number of ether oxygens (including phenoxy) is 1. The highest BCUT2D eigenvalue weighted by atomic mass is 32.1. The molecule has 1 fully saturated rings. The van der Waals surface area contributed by atoms with Crippen LogP contribution in [0.15, 0.2) is 35.7 Å². The molecule has 0 saturated carbocycles. The fourth-order valence-corrected chi connectivity index (χ4v) is 3.76. The Kier molecular flexibility index (Phi) is 5.41. The quantitative estimate of drug-likeness (QED) is 0.808. The first-order chi connectivity index (χ1) is 12.3. The number of Topliss-reactive ketones (excluding diaryl/α,β-unsaturated/α-hetero) is 1. The second kappa shape index (κ2) is 7.58. The lowest BCUT2D eigenvalue weighted by Gasteiger charge is -2.24. The minimum absolute atomic E-state index is 0.133. The Morgan fingerprint density at radius 2 is 2.00 bits per heavy atom. The zero-order chi connectivity index (χ0) is 18.7. The summed E-state index contributed by atoms with van der Waals surface area (Å²) >= 11 is 1.51. The number of aromatic nitrogens is 1. The van der Waals surface area contributed by atoms with Gasteiger partial charge in [-0.25, -0.2) is 9.78 Å². The predicted molar refractivity (Wildman–Crippen MR) is 102 cm³/mol. The average Bonchev–Trinajstić information content (AvgIpc) is 3.23. The van der Waals surface area contributed by atoms with Crippen molar-refractivity contribution in [2.45, 2.75) is 39.2 Å². The third-order valence-corrected chi connectivity index (χ3v) is 5.09. The van der Waals surface area contributed by atoms with E-state index in [2.05, 4.69) is 4.98 Å². The molecule has 138 valence electrons. The van der Waals surface area contributed by atoms with E-state index in [1.807, 2.05) is 56.5 Å². The summed E-state index contributed by atoms with van der Waals surface area (Å²) in [7, 11) is 0. The molecule has 3 rings (SSSR count). The second-order valence-electron chi connectivity index (χ2n) is 7.55. The van der Waals surface area contributed by atoms with E-state index in [9.17, 15) is 9.59 Å². The molecule has 0 N–H and O–H groups in total. The van der Waals surface area contributed by atoms with Gasteiger partial charge in [0.2, 0.25) is 0 Å². The topological polar surface area (TPSA) is 59.5 Å². The number of amides is 1. The van der Waals surface area contributed by atoms with Gasteiger partial charge < -0.3 is 9.64 Å². The first-order valence-corrected chi connectivity index (χ1v) is 9.70. The summed E-state index contributed by atoms with van der Waals surface area (Å²) in [5.41, 5.74) is 1.44. The third-order valence-electron chi connectivity index (χ3n) is 4.24. The molecular weight excluding hydrogens is 348 g/mol. The summed E-state index contributed by atoms with van der Waals surface area (Å²) in [4.78, 5) is 30.9. The van der Waals surface area contributed by atoms with E-state index in [-0.39, 0.29) is 17.8 Å². The van der Waals surface area contributed by atoms with Gasteiger partial charge in [0.05, 0.1) is 12.1 Å². The lowest BCUT2D eigenvalue weighted by atomic mass is 10.0. The van der Waals surface area contributed by atoms with Crippen LogP contribution in [-0.2, 0) is 16.0 Å². The van der Waals surface area contributed by atoms with Gasteiger partial charge in [-0.15, -0.1) is 11.3 Å². The van der Waals surface area contributed by atoms with Crippen LogP contribution in [-0.4, -0.2) is 40.5 Å².